The van der Waals surface area contributed by atoms with Gasteiger partial charge in [0.2, 0.25) is 0 Å². The van der Waals surface area contributed by atoms with Gasteiger partial charge in [-0.2, -0.15) is 0 Å². The predicted molar refractivity (Wildman–Crippen MR) is 99.2 cm³/mol. The second kappa shape index (κ2) is 6.41. The van der Waals surface area contributed by atoms with Crippen molar-refractivity contribution in [2.75, 3.05) is 5.32 Å². The van der Waals surface area contributed by atoms with Crippen LogP contribution < -0.4 is 5.32 Å². The van der Waals surface area contributed by atoms with Crippen molar-refractivity contribution in [2.24, 2.45) is 0 Å². The molecule has 0 spiro atoms. The Kier molecular flexibility index (Phi) is 4.09. The minimum Gasteiger partial charge on any atom is -0.325 e. The van der Waals surface area contributed by atoms with Crippen LogP contribution in [0.4, 0.5) is 11.6 Å². The van der Waals surface area contributed by atoms with Crippen molar-refractivity contribution >= 4 is 23.2 Å². The molecule has 126 valence electrons. The van der Waals surface area contributed by atoms with Crippen LogP contribution >= 0.6 is 11.6 Å². The summed E-state index contributed by atoms with van der Waals surface area (Å²) in [7, 11) is 0. The number of nitrogens with zero attached hydrogens (tertiary/aromatic N) is 4. The molecule has 0 aliphatic heterocycles. The Morgan fingerprint density at radius 2 is 1.80 bits per heavy atom. The Labute approximate surface area is 151 Å². The second-order valence-corrected chi connectivity index (χ2v) is 6.70. The summed E-state index contributed by atoms with van der Waals surface area (Å²) in [4.78, 5) is 17.6. The van der Waals surface area contributed by atoms with Gasteiger partial charge in [0, 0.05) is 30.1 Å². The Morgan fingerprint density at radius 1 is 1.00 bits per heavy atom. The lowest BCUT2D eigenvalue weighted by Crippen LogP contribution is -2.00. The van der Waals surface area contributed by atoms with Crippen LogP contribution in [-0.2, 0) is 0 Å². The molecule has 0 saturated heterocycles. The number of halogens is 1. The smallest absolute Gasteiger partial charge is 0.135 e. The van der Waals surface area contributed by atoms with E-state index in [-0.39, 0.29) is 0 Å². The van der Waals surface area contributed by atoms with Crippen LogP contribution in [-0.4, -0.2) is 19.9 Å². The van der Waals surface area contributed by atoms with E-state index in [2.05, 4.69) is 32.2 Å². The number of rotatable bonds is 4. The molecule has 25 heavy (non-hydrogen) atoms. The molecule has 4 rings (SSSR count). The van der Waals surface area contributed by atoms with Gasteiger partial charge in [-0.25, -0.2) is 19.9 Å². The third-order valence-corrected chi connectivity index (χ3v) is 4.91. The maximum atomic E-state index is 6.11. The molecule has 1 aliphatic carbocycles. The minimum absolute atomic E-state index is 0.520. The lowest BCUT2D eigenvalue weighted by atomic mass is 10.0. The average Bonchev–Trinajstić information content (AvgIpc) is 3.45. The third kappa shape index (κ3) is 3.33. The molecule has 1 saturated carbocycles. The van der Waals surface area contributed by atoms with Crippen LogP contribution in [0.15, 0.2) is 36.8 Å². The van der Waals surface area contributed by atoms with Crippen LogP contribution in [0.2, 0.25) is 5.15 Å². The van der Waals surface area contributed by atoms with Crippen molar-refractivity contribution in [1.29, 1.82) is 0 Å². The molecule has 3 aromatic rings. The Balaban J connectivity index is 1.64. The molecule has 6 heteroatoms. The summed E-state index contributed by atoms with van der Waals surface area (Å²) in [5.41, 5.74) is 4.21. The molecule has 3 aromatic heterocycles. The molecule has 1 N–H and O–H groups in total. The van der Waals surface area contributed by atoms with E-state index in [1.165, 1.54) is 12.8 Å². The largest absolute Gasteiger partial charge is 0.325 e. The maximum Gasteiger partial charge on any atom is 0.135 e. The molecule has 0 unspecified atom stereocenters. The molecular formula is C19H18ClN5. The van der Waals surface area contributed by atoms with Crippen molar-refractivity contribution in [1.82, 2.24) is 19.9 Å². The highest BCUT2D eigenvalue weighted by Gasteiger charge is 2.26. The van der Waals surface area contributed by atoms with Gasteiger partial charge in [-0.05, 0) is 61.6 Å². The molecule has 1 fully saturated rings. The molecule has 0 aromatic carbocycles. The van der Waals surface area contributed by atoms with Crippen LogP contribution in [0.1, 0.15) is 35.7 Å². The second-order valence-electron chi connectivity index (χ2n) is 6.34. The fourth-order valence-electron chi connectivity index (χ4n) is 2.74. The van der Waals surface area contributed by atoms with Gasteiger partial charge >= 0.3 is 0 Å². The normalized spacial score (nSPS) is 13.7. The van der Waals surface area contributed by atoms with E-state index in [0.29, 0.717) is 11.1 Å². The van der Waals surface area contributed by atoms with Crippen molar-refractivity contribution in [2.45, 2.75) is 32.6 Å². The molecule has 1 aliphatic rings. The summed E-state index contributed by atoms with van der Waals surface area (Å²) in [5, 5.41) is 3.82. The van der Waals surface area contributed by atoms with E-state index in [9.17, 15) is 0 Å². The highest BCUT2D eigenvalue weighted by molar-refractivity contribution is 6.30. The first-order valence-corrected chi connectivity index (χ1v) is 8.67. The minimum atomic E-state index is 0.520. The number of nitrogens with one attached hydrogen (secondary N) is 1. The van der Waals surface area contributed by atoms with Crippen LogP contribution in [0.5, 0.6) is 0 Å². The predicted octanol–water partition coefficient (Wildman–Crippen LogP) is 4.82. The van der Waals surface area contributed by atoms with Crippen molar-refractivity contribution in [3.05, 3.63) is 58.9 Å². The number of hydrogen-bond acceptors (Lipinski definition) is 5. The average molecular weight is 352 g/mol. The maximum absolute atomic E-state index is 6.11. The molecule has 5 nitrogen and oxygen atoms in total. The highest BCUT2D eigenvalue weighted by atomic mass is 35.5. The summed E-state index contributed by atoms with van der Waals surface area (Å²) >= 11 is 6.11. The molecule has 0 atom stereocenters. The number of aromatic nitrogens is 4. The number of anilines is 2. The first-order valence-electron chi connectivity index (χ1n) is 8.30. The molecule has 0 bridgehead atoms. The topological polar surface area (TPSA) is 63.6 Å². The summed E-state index contributed by atoms with van der Waals surface area (Å²) in [5.74, 6) is 2.94. The Hall–Kier alpha value is -2.53. The van der Waals surface area contributed by atoms with E-state index in [0.717, 1.165) is 39.7 Å². The van der Waals surface area contributed by atoms with Gasteiger partial charge in [-0.15, -0.1) is 0 Å². The molecule has 0 amide bonds. The van der Waals surface area contributed by atoms with Crippen molar-refractivity contribution < 1.29 is 0 Å². The molecule has 0 radical (unpaired) electrons. The zero-order chi connectivity index (χ0) is 17.4. The van der Waals surface area contributed by atoms with Gasteiger partial charge in [0.05, 0.1) is 0 Å². The van der Waals surface area contributed by atoms with E-state index in [1.54, 1.807) is 18.6 Å². The van der Waals surface area contributed by atoms with Crippen molar-refractivity contribution in [3.8, 4) is 11.1 Å². The molecular weight excluding hydrogens is 334 g/mol. The standard InChI is InChI=1S/C19H18ClN5/c1-11-12(2)18(20)23-10-15(11)14-5-7-21-17(9-14)24-16-6-8-22-19(25-16)13-3-4-13/h5-10,13H,3-4H2,1-2H3,(H,21,22,24,25). The fraction of sp³-hybridized carbons (Fsp3) is 0.263. The monoisotopic (exact) mass is 351 g/mol. The Bertz CT molecular complexity index is 937. The van der Waals surface area contributed by atoms with Gasteiger partial charge in [0.25, 0.3) is 0 Å². The summed E-state index contributed by atoms with van der Waals surface area (Å²) in [6, 6.07) is 5.83. The van der Waals surface area contributed by atoms with E-state index < -0.39 is 0 Å². The summed E-state index contributed by atoms with van der Waals surface area (Å²) in [6.45, 7) is 4.03. The first-order chi connectivity index (χ1) is 12.1. The van der Waals surface area contributed by atoms with Crippen molar-refractivity contribution in [3.63, 3.8) is 0 Å². The zero-order valence-corrected chi connectivity index (χ0v) is 14.9. The van der Waals surface area contributed by atoms with E-state index in [1.807, 2.05) is 25.1 Å². The SMILES string of the molecule is Cc1c(-c2ccnc(Nc3ccnc(C4CC4)n3)c2)cnc(Cl)c1C. The highest BCUT2D eigenvalue weighted by Crippen LogP contribution is 2.38. The lowest BCUT2D eigenvalue weighted by Gasteiger charge is -2.11. The quantitative estimate of drug-likeness (QED) is 0.682. The van der Waals surface area contributed by atoms with E-state index >= 15 is 0 Å². The first kappa shape index (κ1) is 16.0. The van der Waals surface area contributed by atoms with Crippen LogP contribution in [0, 0.1) is 13.8 Å². The fourth-order valence-corrected chi connectivity index (χ4v) is 2.93. The third-order valence-electron chi connectivity index (χ3n) is 4.53. The zero-order valence-electron chi connectivity index (χ0n) is 14.1. The van der Waals surface area contributed by atoms with Gasteiger partial charge in [0.1, 0.15) is 22.6 Å². The van der Waals surface area contributed by atoms with Gasteiger partial charge in [-0.3, -0.25) is 0 Å². The summed E-state index contributed by atoms with van der Waals surface area (Å²) < 4.78 is 0. The van der Waals surface area contributed by atoms with Crippen LogP contribution in [0.3, 0.4) is 0 Å². The van der Waals surface area contributed by atoms with Gasteiger partial charge < -0.3 is 5.32 Å². The number of pyridine rings is 2. The van der Waals surface area contributed by atoms with Gasteiger partial charge in [-0.1, -0.05) is 11.6 Å². The lowest BCUT2D eigenvalue weighted by molar-refractivity contribution is 0.929. The van der Waals surface area contributed by atoms with Gasteiger partial charge in [0.15, 0.2) is 0 Å². The number of hydrogen-bond donors (Lipinski definition) is 1. The molecule has 3 heterocycles. The summed E-state index contributed by atoms with van der Waals surface area (Å²) in [6.07, 6.45) is 7.74. The van der Waals surface area contributed by atoms with Crippen LogP contribution in [0.25, 0.3) is 11.1 Å². The Morgan fingerprint density at radius 3 is 2.60 bits per heavy atom. The van der Waals surface area contributed by atoms with E-state index in [4.69, 9.17) is 11.6 Å².